The monoisotopic (exact) mass is 1170 g/mol. The summed E-state index contributed by atoms with van der Waals surface area (Å²) in [5.74, 6) is -1.27. The molecule has 6 N–H and O–H groups in total. The summed E-state index contributed by atoms with van der Waals surface area (Å²) in [5, 5.41) is 57.1. The van der Waals surface area contributed by atoms with E-state index in [-0.39, 0.29) is 19.4 Å². The Morgan fingerprint density at radius 2 is 0.857 bits per heavy atom. The van der Waals surface area contributed by atoms with Crippen LogP contribution in [0.5, 0.6) is 0 Å². The van der Waals surface area contributed by atoms with Gasteiger partial charge in [-0.25, -0.2) is 0 Å². The van der Waals surface area contributed by atoms with E-state index < -0.39 is 67.4 Å². The van der Waals surface area contributed by atoms with Crippen molar-refractivity contribution in [3.8, 4) is 0 Å². The number of allylic oxidation sites excluding steroid dienone is 19. The largest absolute Gasteiger partial charge is 0.454 e. The van der Waals surface area contributed by atoms with Crippen molar-refractivity contribution in [3.63, 3.8) is 0 Å². The van der Waals surface area contributed by atoms with E-state index in [0.29, 0.717) is 19.3 Å². The molecule has 0 aromatic rings. The van der Waals surface area contributed by atoms with Crippen LogP contribution in [0.1, 0.15) is 265 Å². The van der Waals surface area contributed by atoms with E-state index in [0.717, 1.165) is 103 Å². The second kappa shape index (κ2) is 59.4. The highest BCUT2D eigenvalue weighted by molar-refractivity contribution is 5.80. The average Bonchev–Trinajstić information content (AvgIpc) is 3.69. The summed E-state index contributed by atoms with van der Waals surface area (Å²) in [7, 11) is 0. The standard InChI is InChI=1S/C73H123NO10/c1-4-7-10-13-16-19-22-25-27-29-30-31-32-33-34-35-36-37-39-40-42-45-48-51-54-57-60-66(77)72(81)74-64(65(76)59-56-53-50-47-44-24-21-18-15-12-9-6-3)63-82-73-71(70(80)69(79)67(62-75)83-73)84-68(78)61-58-55-52-49-46-43-41-38-28-26-23-20-17-14-11-8-5-2/h8,11,16-17,19-20,25-28,30-31,33-34,41,43,49,52,56,59,64-67,69-71,73,75-77,79-80H,4-7,9-10,12-15,18,21-24,29,32,35-40,42,44-48,50-51,53-55,57-58,60-63H2,1-3H3,(H,74,81)/b11-8-,19-16-,20-17-,27-25-,28-26-,31-30-,34-33-,43-41-,52-49-,59-56+. The molecule has 1 fully saturated rings. The molecule has 8 atom stereocenters. The lowest BCUT2D eigenvalue weighted by molar-refractivity contribution is -0.305. The second-order valence-electron chi connectivity index (χ2n) is 22.8. The van der Waals surface area contributed by atoms with Gasteiger partial charge in [-0.05, 0) is 109 Å². The SMILES string of the molecule is CC/C=C\C/C=C\C/C=C\C/C=C\C/C=C\CCCC(=O)OC1C(OCC(NC(=O)C(O)CCCCCCCCCCCC/C=C\C/C=C\C/C=C\C/C=C\CCCCC)C(O)/C=C/CCCCCCCCCCCC)OC(CO)C(O)C1O. The number of ether oxygens (including phenoxy) is 3. The van der Waals surface area contributed by atoms with E-state index >= 15 is 0 Å². The topological polar surface area (TPSA) is 175 Å². The molecule has 0 aromatic carbocycles. The summed E-state index contributed by atoms with van der Waals surface area (Å²) < 4.78 is 17.6. The molecule has 0 aromatic heterocycles. The predicted molar refractivity (Wildman–Crippen MR) is 351 cm³/mol. The van der Waals surface area contributed by atoms with Crippen LogP contribution < -0.4 is 5.32 Å². The zero-order valence-corrected chi connectivity index (χ0v) is 53.2. The average molecular weight is 1170 g/mol. The Morgan fingerprint density at radius 3 is 1.31 bits per heavy atom. The van der Waals surface area contributed by atoms with Crippen molar-refractivity contribution in [1.29, 1.82) is 0 Å². The van der Waals surface area contributed by atoms with Gasteiger partial charge < -0.3 is 45.1 Å². The summed E-state index contributed by atoms with van der Waals surface area (Å²) in [4.78, 5) is 26.6. The predicted octanol–water partition coefficient (Wildman–Crippen LogP) is 17.0. The molecule has 1 rings (SSSR count). The van der Waals surface area contributed by atoms with Gasteiger partial charge in [-0.1, -0.05) is 271 Å². The van der Waals surface area contributed by atoms with E-state index in [1.165, 1.54) is 109 Å². The Morgan fingerprint density at radius 1 is 0.476 bits per heavy atom. The number of hydrogen-bond donors (Lipinski definition) is 6. The van der Waals surface area contributed by atoms with Gasteiger partial charge in [-0.2, -0.15) is 0 Å². The Balaban J connectivity index is 2.63. The van der Waals surface area contributed by atoms with Crippen molar-refractivity contribution in [1.82, 2.24) is 5.32 Å². The smallest absolute Gasteiger partial charge is 0.306 e. The number of carbonyl (C=O) groups excluding carboxylic acids is 2. The van der Waals surface area contributed by atoms with E-state index in [2.05, 4.69) is 123 Å². The number of nitrogens with one attached hydrogen (secondary N) is 1. The normalized spacial score (nSPS) is 19.3. The molecule has 0 aliphatic carbocycles. The van der Waals surface area contributed by atoms with Crippen molar-refractivity contribution in [2.75, 3.05) is 13.2 Å². The third-order valence-corrected chi connectivity index (χ3v) is 15.1. The van der Waals surface area contributed by atoms with Gasteiger partial charge in [0.2, 0.25) is 5.91 Å². The fourth-order valence-corrected chi connectivity index (χ4v) is 9.79. The molecule has 1 amide bonds. The highest BCUT2D eigenvalue weighted by Crippen LogP contribution is 2.26. The molecule has 480 valence electrons. The molecule has 0 spiro atoms. The van der Waals surface area contributed by atoms with E-state index in [1.807, 2.05) is 18.2 Å². The lowest BCUT2D eigenvalue weighted by atomic mass is 9.99. The molecule has 0 radical (unpaired) electrons. The van der Waals surface area contributed by atoms with Gasteiger partial charge in [0, 0.05) is 6.42 Å². The van der Waals surface area contributed by atoms with Crippen molar-refractivity contribution in [2.45, 2.75) is 314 Å². The molecule has 8 unspecified atom stereocenters. The van der Waals surface area contributed by atoms with Crippen molar-refractivity contribution in [2.24, 2.45) is 0 Å². The number of esters is 1. The van der Waals surface area contributed by atoms with Crippen molar-refractivity contribution >= 4 is 11.9 Å². The first kappa shape index (κ1) is 78.1. The fraction of sp³-hybridized carbons (Fsp3) is 0.699. The van der Waals surface area contributed by atoms with Crippen LogP contribution in [-0.2, 0) is 23.8 Å². The van der Waals surface area contributed by atoms with Crippen LogP contribution in [0, 0.1) is 0 Å². The molecule has 0 saturated carbocycles. The van der Waals surface area contributed by atoms with E-state index in [4.69, 9.17) is 14.2 Å². The quantitative estimate of drug-likeness (QED) is 0.0195. The van der Waals surface area contributed by atoms with Crippen molar-refractivity contribution in [3.05, 3.63) is 122 Å². The van der Waals surface area contributed by atoms with Gasteiger partial charge in [-0.15, -0.1) is 0 Å². The van der Waals surface area contributed by atoms with E-state index in [9.17, 15) is 35.1 Å². The van der Waals surface area contributed by atoms with Gasteiger partial charge in [0.15, 0.2) is 12.4 Å². The van der Waals surface area contributed by atoms with Crippen LogP contribution in [-0.4, -0.2) is 99.6 Å². The minimum absolute atomic E-state index is 0.0393. The number of unbranched alkanes of at least 4 members (excludes halogenated alkanes) is 24. The van der Waals surface area contributed by atoms with Gasteiger partial charge in [0.1, 0.15) is 24.4 Å². The fourth-order valence-electron chi connectivity index (χ4n) is 9.79. The number of carbonyl (C=O) groups is 2. The maximum absolute atomic E-state index is 13.5. The highest BCUT2D eigenvalue weighted by Gasteiger charge is 2.47. The Kier molecular flexibility index (Phi) is 55.2. The highest BCUT2D eigenvalue weighted by atomic mass is 16.7. The molecule has 1 heterocycles. The first-order chi connectivity index (χ1) is 41.2. The third kappa shape index (κ3) is 46.3. The van der Waals surface area contributed by atoms with Crippen LogP contribution in [0.15, 0.2) is 122 Å². The van der Waals surface area contributed by atoms with Gasteiger partial charge in [0.05, 0.1) is 25.4 Å². The maximum Gasteiger partial charge on any atom is 0.306 e. The lowest BCUT2D eigenvalue weighted by Crippen LogP contribution is -2.61. The molecule has 11 nitrogen and oxygen atoms in total. The molecule has 11 heteroatoms. The molecule has 1 saturated heterocycles. The summed E-state index contributed by atoms with van der Waals surface area (Å²) in [5.41, 5.74) is 0. The Hall–Kier alpha value is -3.94. The summed E-state index contributed by atoms with van der Waals surface area (Å²) in [6, 6.07) is -1.05. The third-order valence-electron chi connectivity index (χ3n) is 15.1. The van der Waals surface area contributed by atoms with Gasteiger partial charge in [-0.3, -0.25) is 9.59 Å². The summed E-state index contributed by atoms with van der Waals surface area (Å²) >= 11 is 0. The summed E-state index contributed by atoms with van der Waals surface area (Å²) in [6.07, 6.45) is 72.4. The maximum atomic E-state index is 13.5. The first-order valence-electron chi connectivity index (χ1n) is 33.8. The lowest BCUT2D eigenvalue weighted by Gasteiger charge is -2.41. The molecule has 1 aliphatic rings. The number of rotatable bonds is 56. The number of hydrogen-bond acceptors (Lipinski definition) is 10. The number of amides is 1. The van der Waals surface area contributed by atoms with Gasteiger partial charge in [0.25, 0.3) is 0 Å². The second-order valence-corrected chi connectivity index (χ2v) is 22.8. The molecule has 84 heavy (non-hydrogen) atoms. The zero-order valence-electron chi connectivity index (χ0n) is 53.2. The molecular formula is C73H123NO10. The van der Waals surface area contributed by atoms with Crippen LogP contribution in [0.4, 0.5) is 0 Å². The molecule has 1 aliphatic heterocycles. The zero-order chi connectivity index (χ0) is 61.0. The number of aliphatic hydroxyl groups is 5. The molecular weight excluding hydrogens is 1050 g/mol. The van der Waals surface area contributed by atoms with Crippen LogP contribution >= 0.6 is 0 Å². The van der Waals surface area contributed by atoms with Crippen LogP contribution in [0.25, 0.3) is 0 Å². The van der Waals surface area contributed by atoms with Crippen LogP contribution in [0.3, 0.4) is 0 Å². The summed E-state index contributed by atoms with van der Waals surface area (Å²) in [6.45, 7) is 5.61. The van der Waals surface area contributed by atoms with Crippen molar-refractivity contribution < 1.29 is 49.3 Å². The Bertz CT molecular complexity index is 1830. The molecule has 0 bridgehead atoms. The van der Waals surface area contributed by atoms with E-state index in [1.54, 1.807) is 6.08 Å². The Labute approximate surface area is 512 Å². The minimum atomic E-state index is -1.64. The first-order valence-corrected chi connectivity index (χ1v) is 33.8. The minimum Gasteiger partial charge on any atom is -0.454 e. The van der Waals surface area contributed by atoms with Crippen LogP contribution in [0.2, 0.25) is 0 Å². The number of aliphatic hydroxyl groups excluding tert-OH is 5. The van der Waals surface area contributed by atoms with Gasteiger partial charge >= 0.3 is 5.97 Å².